The number of hydrogen-bond donors (Lipinski definition) is 1. The predicted molar refractivity (Wildman–Crippen MR) is 85.2 cm³/mol. The largest absolute Gasteiger partial charge is 0.354 e. The van der Waals surface area contributed by atoms with E-state index >= 15 is 0 Å². The lowest BCUT2D eigenvalue weighted by Crippen LogP contribution is -1.92. The van der Waals surface area contributed by atoms with Crippen molar-refractivity contribution < 1.29 is 4.79 Å². The first kappa shape index (κ1) is 10.8. The first-order chi connectivity index (χ1) is 10.3. The number of carbonyl (C=O) groups excluding carboxylic acids is 1. The predicted octanol–water partition coefficient (Wildman–Crippen LogP) is 4.05. The van der Waals surface area contributed by atoms with Crippen molar-refractivity contribution in [3.05, 3.63) is 59.7 Å². The lowest BCUT2D eigenvalue weighted by atomic mass is 9.98. The fourth-order valence-corrected chi connectivity index (χ4v) is 3.27. The summed E-state index contributed by atoms with van der Waals surface area (Å²) in [6.07, 6.45) is 1.68. The molecule has 0 unspecified atom stereocenters. The summed E-state index contributed by atoms with van der Waals surface area (Å²) in [6.45, 7) is 0. The molecule has 0 aliphatic carbocycles. The highest BCUT2D eigenvalue weighted by Gasteiger charge is 2.19. The van der Waals surface area contributed by atoms with Crippen molar-refractivity contribution in [2.24, 2.45) is 4.99 Å². The number of fused-ring (bicyclic) bond motifs is 7. The van der Waals surface area contributed by atoms with E-state index in [2.05, 4.69) is 34.2 Å². The highest BCUT2D eigenvalue weighted by atomic mass is 16.1. The minimum Gasteiger partial charge on any atom is -0.354 e. The van der Waals surface area contributed by atoms with E-state index in [1.165, 1.54) is 10.8 Å². The van der Waals surface area contributed by atoms with E-state index in [1.54, 1.807) is 6.21 Å². The van der Waals surface area contributed by atoms with Gasteiger partial charge in [-0.2, -0.15) is 0 Å². The monoisotopic (exact) mass is 270 g/mol. The molecule has 3 heteroatoms. The summed E-state index contributed by atoms with van der Waals surface area (Å²) >= 11 is 0. The number of rotatable bonds is 0. The van der Waals surface area contributed by atoms with Crippen LogP contribution in [0.1, 0.15) is 15.9 Å². The van der Waals surface area contributed by atoms with Crippen LogP contribution < -0.4 is 0 Å². The zero-order valence-electron chi connectivity index (χ0n) is 11.1. The average molecular weight is 270 g/mol. The van der Waals surface area contributed by atoms with Crippen molar-refractivity contribution in [3.8, 4) is 0 Å². The number of benzene rings is 3. The Balaban J connectivity index is 2.02. The van der Waals surface area contributed by atoms with Gasteiger partial charge in [-0.25, -0.2) is 4.99 Å². The van der Waals surface area contributed by atoms with Gasteiger partial charge in [0.1, 0.15) is 0 Å². The number of aromatic amines is 1. The Hall–Kier alpha value is -2.94. The SMILES string of the molecule is O=C1N=Cc2c1ccc1c2ccc2c3ccccc3[nH]c12. The molecule has 0 saturated heterocycles. The molecule has 3 nitrogen and oxygen atoms in total. The number of aromatic nitrogens is 1. The molecular weight excluding hydrogens is 260 g/mol. The van der Waals surface area contributed by atoms with Crippen LogP contribution in [-0.2, 0) is 0 Å². The minimum atomic E-state index is -0.149. The smallest absolute Gasteiger partial charge is 0.277 e. The van der Waals surface area contributed by atoms with Crippen LogP contribution in [0, 0.1) is 0 Å². The molecule has 1 aliphatic rings. The molecule has 4 aromatic rings. The number of H-pyrrole nitrogens is 1. The lowest BCUT2D eigenvalue weighted by Gasteiger charge is -2.04. The average Bonchev–Trinajstić information content (AvgIpc) is 3.08. The zero-order chi connectivity index (χ0) is 14.0. The van der Waals surface area contributed by atoms with Gasteiger partial charge in [0, 0.05) is 33.5 Å². The standard InChI is InChI=1S/C18H10N2O/c21-18-14-8-7-12-10(15(14)9-19-18)5-6-13-11-3-1-2-4-16(11)20-17(12)13/h1-9,20H. The van der Waals surface area contributed by atoms with E-state index < -0.39 is 0 Å². The van der Waals surface area contributed by atoms with Gasteiger partial charge in [0.05, 0.1) is 11.1 Å². The molecule has 21 heavy (non-hydrogen) atoms. The summed E-state index contributed by atoms with van der Waals surface area (Å²) in [7, 11) is 0. The van der Waals surface area contributed by atoms with E-state index in [9.17, 15) is 4.79 Å². The van der Waals surface area contributed by atoms with Crippen molar-refractivity contribution in [2.45, 2.75) is 0 Å². The second-order valence-corrected chi connectivity index (χ2v) is 5.34. The summed E-state index contributed by atoms with van der Waals surface area (Å²) in [5, 5.41) is 4.63. The Morgan fingerprint density at radius 3 is 2.52 bits per heavy atom. The molecule has 0 atom stereocenters. The molecule has 0 fully saturated rings. The third-order valence-electron chi connectivity index (χ3n) is 4.26. The van der Waals surface area contributed by atoms with Crippen molar-refractivity contribution in [2.75, 3.05) is 0 Å². The maximum absolute atomic E-state index is 11.7. The molecule has 0 radical (unpaired) electrons. The van der Waals surface area contributed by atoms with E-state index in [-0.39, 0.29) is 5.91 Å². The lowest BCUT2D eigenvalue weighted by molar-refractivity contribution is 0.101. The van der Waals surface area contributed by atoms with Gasteiger partial charge in [0.15, 0.2) is 0 Å². The molecule has 1 N–H and O–H groups in total. The Kier molecular flexibility index (Phi) is 1.84. The highest BCUT2D eigenvalue weighted by Crippen LogP contribution is 2.34. The van der Waals surface area contributed by atoms with Gasteiger partial charge >= 0.3 is 0 Å². The van der Waals surface area contributed by atoms with Gasteiger partial charge in [-0.1, -0.05) is 36.4 Å². The van der Waals surface area contributed by atoms with E-state index in [1.807, 2.05) is 24.3 Å². The fraction of sp³-hybridized carbons (Fsp3) is 0. The van der Waals surface area contributed by atoms with Crippen molar-refractivity contribution >= 4 is 44.7 Å². The normalized spacial score (nSPS) is 13.6. The van der Waals surface area contributed by atoms with E-state index in [0.717, 1.165) is 27.4 Å². The van der Waals surface area contributed by atoms with Crippen LogP contribution in [0.15, 0.2) is 53.5 Å². The molecule has 3 aromatic carbocycles. The van der Waals surface area contributed by atoms with Gasteiger partial charge < -0.3 is 4.98 Å². The second-order valence-electron chi connectivity index (χ2n) is 5.34. The van der Waals surface area contributed by atoms with E-state index in [4.69, 9.17) is 0 Å². The van der Waals surface area contributed by atoms with Gasteiger partial charge in [0.2, 0.25) is 0 Å². The third-order valence-corrected chi connectivity index (χ3v) is 4.26. The number of hydrogen-bond acceptors (Lipinski definition) is 1. The second kappa shape index (κ2) is 3.58. The maximum Gasteiger partial charge on any atom is 0.277 e. The number of aliphatic imine (C=N–C) groups is 1. The van der Waals surface area contributed by atoms with Crippen molar-refractivity contribution in [1.82, 2.24) is 4.98 Å². The van der Waals surface area contributed by atoms with Crippen LogP contribution in [-0.4, -0.2) is 17.1 Å². The van der Waals surface area contributed by atoms with Gasteiger partial charge in [-0.3, -0.25) is 4.79 Å². The number of amides is 1. The minimum absolute atomic E-state index is 0.149. The molecule has 0 bridgehead atoms. The molecule has 5 rings (SSSR count). The Morgan fingerprint density at radius 2 is 1.57 bits per heavy atom. The summed E-state index contributed by atoms with van der Waals surface area (Å²) in [4.78, 5) is 19.1. The molecule has 0 spiro atoms. The molecule has 1 amide bonds. The van der Waals surface area contributed by atoms with Gasteiger partial charge in [0.25, 0.3) is 5.91 Å². The number of nitrogens with one attached hydrogen (secondary N) is 1. The summed E-state index contributed by atoms with van der Waals surface area (Å²) in [6, 6.07) is 16.4. The van der Waals surface area contributed by atoms with Crippen molar-refractivity contribution in [3.63, 3.8) is 0 Å². The zero-order valence-corrected chi connectivity index (χ0v) is 11.1. The Morgan fingerprint density at radius 1 is 0.810 bits per heavy atom. The summed E-state index contributed by atoms with van der Waals surface area (Å²) in [5.41, 5.74) is 3.87. The highest BCUT2D eigenvalue weighted by molar-refractivity contribution is 6.24. The van der Waals surface area contributed by atoms with Crippen LogP contribution in [0.5, 0.6) is 0 Å². The molecule has 2 heterocycles. The summed E-state index contributed by atoms with van der Waals surface area (Å²) < 4.78 is 0. The molecule has 1 aliphatic heterocycles. The Bertz CT molecular complexity index is 1100. The molecule has 98 valence electrons. The fourth-order valence-electron chi connectivity index (χ4n) is 3.27. The molecule has 0 saturated carbocycles. The topological polar surface area (TPSA) is 45.2 Å². The van der Waals surface area contributed by atoms with Crippen molar-refractivity contribution in [1.29, 1.82) is 0 Å². The number of para-hydroxylation sites is 1. The maximum atomic E-state index is 11.7. The quantitative estimate of drug-likeness (QED) is 0.515. The number of nitrogens with zero attached hydrogens (tertiary/aromatic N) is 1. The van der Waals surface area contributed by atoms with Crippen LogP contribution >= 0.6 is 0 Å². The number of carbonyl (C=O) groups is 1. The van der Waals surface area contributed by atoms with Crippen LogP contribution in [0.4, 0.5) is 0 Å². The first-order valence-corrected chi connectivity index (χ1v) is 6.87. The van der Waals surface area contributed by atoms with E-state index in [0.29, 0.717) is 5.56 Å². The van der Waals surface area contributed by atoms with Crippen LogP contribution in [0.25, 0.3) is 32.6 Å². The van der Waals surface area contributed by atoms with Gasteiger partial charge in [-0.05, 0) is 17.5 Å². The molecule has 1 aromatic heterocycles. The first-order valence-electron chi connectivity index (χ1n) is 6.87. The Labute approximate surface area is 119 Å². The summed E-state index contributed by atoms with van der Waals surface area (Å²) in [5.74, 6) is -0.149. The van der Waals surface area contributed by atoms with Crippen LogP contribution in [0.3, 0.4) is 0 Å². The van der Waals surface area contributed by atoms with Gasteiger partial charge in [-0.15, -0.1) is 0 Å². The third kappa shape index (κ3) is 1.28. The molecular formula is C18H10N2O. The van der Waals surface area contributed by atoms with Crippen LogP contribution in [0.2, 0.25) is 0 Å².